The lowest BCUT2D eigenvalue weighted by molar-refractivity contribution is -0.116. The van der Waals surface area contributed by atoms with Crippen molar-refractivity contribution < 1.29 is 4.79 Å². The zero-order valence-electron chi connectivity index (χ0n) is 14.7. The number of fused-ring (bicyclic) bond motifs is 2. The molecule has 2 heterocycles. The van der Waals surface area contributed by atoms with E-state index in [1.165, 1.54) is 21.9 Å². The number of benzene rings is 2. The van der Waals surface area contributed by atoms with Crippen molar-refractivity contribution in [3.05, 3.63) is 64.4 Å². The largest absolute Gasteiger partial charge is 0.308 e. The van der Waals surface area contributed by atoms with Gasteiger partial charge in [-0.2, -0.15) is 0 Å². The summed E-state index contributed by atoms with van der Waals surface area (Å²) in [6.45, 7) is 2.06. The van der Waals surface area contributed by atoms with Gasteiger partial charge in [0.2, 0.25) is 5.91 Å². The number of thioether (sulfide) groups is 1. The molecule has 0 fully saturated rings. The Hall–Kier alpha value is -2.60. The number of hydrogen-bond acceptors (Lipinski definition) is 4. The molecule has 2 aromatic carbocycles. The summed E-state index contributed by atoms with van der Waals surface area (Å²) in [6, 6.07) is 15.4. The molecule has 1 amide bonds. The Labute approximate surface area is 155 Å². The molecule has 0 unspecified atom stereocenters. The van der Waals surface area contributed by atoms with Crippen molar-refractivity contribution in [1.29, 1.82) is 0 Å². The highest BCUT2D eigenvalue weighted by atomic mass is 32.2. The Kier molecular flexibility index (Phi) is 4.28. The van der Waals surface area contributed by atoms with Gasteiger partial charge in [-0.05, 0) is 37.1 Å². The maximum absolute atomic E-state index is 12.8. The van der Waals surface area contributed by atoms with Crippen molar-refractivity contribution in [2.24, 2.45) is 7.05 Å². The summed E-state index contributed by atoms with van der Waals surface area (Å²) >= 11 is 1.31. The fourth-order valence-corrected chi connectivity index (χ4v) is 4.30. The van der Waals surface area contributed by atoms with Crippen LogP contribution in [-0.2, 0) is 18.3 Å². The van der Waals surface area contributed by atoms with Crippen molar-refractivity contribution in [2.75, 3.05) is 10.7 Å². The Morgan fingerprint density at radius 2 is 1.92 bits per heavy atom. The van der Waals surface area contributed by atoms with Gasteiger partial charge in [0, 0.05) is 18.8 Å². The van der Waals surface area contributed by atoms with Crippen LogP contribution in [0.15, 0.2) is 58.5 Å². The third-order valence-corrected chi connectivity index (χ3v) is 5.76. The van der Waals surface area contributed by atoms with E-state index in [0.717, 1.165) is 12.1 Å². The van der Waals surface area contributed by atoms with E-state index < -0.39 is 0 Å². The Morgan fingerprint density at radius 1 is 1.19 bits per heavy atom. The monoisotopic (exact) mass is 365 g/mol. The zero-order valence-corrected chi connectivity index (χ0v) is 15.5. The van der Waals surface area contributed by atoms with Crippen LogP contribution in [0.1, 0.15) is 12.5 Å². The van der Waals surface area contributed by atoms with Gasteiger partial charge in [0.25, 0.3) is 5.56 Å². The summed E-state index contributed by atoms with van der Waals surface area (Å²) in [6.07, 6.45) is 0.874. The van der Waals surface area contributed by atoms with Crippen molar-refractivity contribution in [3.8, 4) is 0 Å². The van der Waals surface area contributed by atoms with Crippen molar-refractivity contribution in [1.82, 2.24) is 9.55 Å². The van der Waals surface area contributed by atoms with Gasteiger partial charge in [0.15, 0.2) is 5.16 Å². The fraction of sp³-hybridized carbons (Fsp3) is 0.250. The van der Waals surface area contributed by atoms with Crippen molar-refractivity contribution >= 4 is 34.3 Å². The molecule has 0 saturated carbocycles. The molecule has 1 aliphatic heterocycles. The Bertz CT molecular complexity index is 1060. The van der Waals surface area contributed by atoms with Crippen LogP contribution < -0.4 is 10.5 Å². The van der Waals surface area contributed by atoms with E-state index in [-0.39, 0.29) is 23.3 Å². The summed E-state index contributed by atoms with van der Waals surface area (Å²) < 4.78 is 1.52. The minimum Gasteiger partial charge on any atom is -0.308 e. The third kappa shape index (κ3) is 2.80. The molecule has 0 aliphatic carbocycles. The highest BCUT2D eigenvalue weighted by Gasteiger charge is 2.30. The maximum Gasteiger partial charge on any atom is 0.261 e. The lowest BCUT2D eigenvalue weighted by Gasteiger charge is -2.22. The second kappa shape index (κ2) is 6.61. The average Bonchev–Trinajstić information content (AvgIpc) is 2.99. The summed E-state index contributed by atoms with van der Waals surface area (Å²) in [7, 11) is 1.70. The van der Waals surface area contributed by atoms with Gasteiger partial charge < -0.3 is 4.90 Å². The molecule has 6 heteroatoms. The second-order valence-electron chi connectivity index (χ2n) is 6.51. The minimum atomic E-state index is -0.0922. The molecule has 0 bridgehead atoms. The van der Waals surface area contributed by atoms with E-state index in [4.69, 9.17) is 0 Å². The maximum atomic E-state index is 12.8. The second-order valence-corrected chi connectivity index (χ2v) is 7.45. The number of hydrogen-bond donors (Lipinski definition) is 0. The van der Waals surface area contributed by atoms with Crippen LogP contribution >= 0.6 is 11.8 Å². The number of amides is 1. The third-order valence-electron chi connectivity index (χ3n) is 4.74. The van der Waals surface area contributed by atoms with Gasteiger partial charge >= 0.3 is 0 Å². The van der Waals surface area contributed by atoms with Crippen LogP contribution in [-0.4, -0.2) is 27.3 Å². The molecule has 3 aromatic rings. The fourth-order valence-electron chi connectivity index (χ4n) is 3.47. The summed E-state index contributed by atoms with van der Waals surface area (Å²) in [5.74, 6) is 0.284. The van der Waals surface area contributed by atoms with E-state index in [9.17, 15) is 9.59 Å². The van der Waals surface area contributed by atoms with E-state index in [1.807, 2.05) is 41.3 Å². The van der Waals surface area contributed by atoms with E-state index >= 15 is 0 Å². The molecule has 0 saturated heterocycles. The molecule has 1 atom stereocenters. The molecule has 5 nitrogen and oxygen atoms in total. The number of carbonyl (C=O) groups is 1. The summed E-state index contributed by atoms with van der Waals surface area (Å²) in [5.41, 5.74) is 2.76. The van der Waals surface area contributed by atoms with Crippen LogP contribution in [0, 0.1) is 0 Å². The molecule has 132 valence electrons. The molecule has 4 rings (SSSR count). The van der Waals surface area contributed by atoms with Crippen LogP contribution in [0.4, 0.5) is 5.69 Å². The zero-order chi connectivity index (χ0) is 18.3. The first-order chi connectivity index (χ1) is 12.6. The predicted octanol–water partition coefficient (Wildman–Crippen LogP) is 3.00. The quantitative estimate of drug-likeness (QED) is 0.529. The van der Waals surface area contributed by atoms with Crippen LogP contribution in [0.2, 0.25) is 0 Å². The predicted molar refractivity (Wildman–Crippen MR) is 105 cm³/mol. The van der Waals surface area contributed by atoms with E-state index in [2.05, 4.69) is 18.0 Å². The molecule has 26 heavy (non-hydrogen) atoms. The van der Waals surface area contributed by atoms with E-state index in [1.54, 1.807) is 13.1 Å². The minimum absolute atomic E-state index is 0.0369. The highest BCUT2D eigenvalue weighted by molar-refractivity contribution is 7.99. The Balaban J connectivity index is 1.58. The number of nitrogens with zero attached hydrogens (tertiary/aromatic N) is 3. The van der Waals surface area contributed by atoms with Gasteiger partial charge in [0.1, 0.15) is 0 Å². The number of para-hydroxylation sites is 2. The number of rotatable bonds is 3. The molecule has 1 aliphatic rings. The first-order valence-corrected chi connectivity index (χ1v) is 9.53. The molecule has 1 aromatic heterocycles. The smallest absolute Gasteiger partial charge is 0.261 e. The summed E-state index contributed by atoms with van der Waals surface area (Å²) in [4.78, 5) is 31.7. The average molecular weight is 365 g/mol. The molecule has 0 radical (unpaired) electrons. The molecular formula is C20H19N3O2S. The van der Waals surface area contributed by atoms with Crippen LogP contribution in [0.25, 0.3) is 10.9 Å². The SMILES string of the molecule is C[C@@H]1Cc2ccccc2N1C(=O)CSc1nc2ccccc2c(=O)n1C. The lowest BCUT2D eigenvalue weighted by Crippen LogP contribution is -2.37. The van der Waals surface area contributed by atoms with Gasteiger partial charge in [-0.1, -0.05) is 42.1 Å². The van der Waals surface area contributed by atoms with Gasteiger partial charge in [0.05, 0.1) is 16.7 Å². The lowest BCUT2D eigenvalue weighted by atomic mass is 10.1. The highest BCUT2D eigenvalue weighted by Crippen LogP contribution is 2.32. The number of aromatic nitrogens is 2. The number of carbonyl (C=O) groups excluding carboxylic acids is 1. The van der Waals surface area contributed by atoms with Gasteiger partial charge in [-0.15, -0.1) is 0 Å². The topological polar surface area (TPSA) is 55.2 Å². The van der Waals surface area contributed by atoms with E-state index in [0.29, 0.717) is 16.1 Å². The standard InChI is InChI=1S/C20H19N3O2S/c1-13-11-14-7-3-6-10-17(14)23(13)18(24)12-26-20-21-16-9-5-4-8-15(16)19(25)22(20)2/h3-10,13H,11-12H2,1-2H3/t13-/m1/s1. The normalized spacial score (nSPS) is 16.1. The van der Waals surface area contributed by atoms with Crippen LogP contribution in [0.5, 0.6) is 0 Å². The molecule has 0 N–H and O–H groups in total. The Morgan fingerprint density at radius 3 is 2.77 bits per heavy atom. The molecule has 0 spiro atoms. The van der Waals surface area contributed by atoms with Crippen molar-refractivity contribution in [2.45, 2.75) is 24.5 Å². The first kappa shape index (κ1) is 16.8. The molecular weight excluding hydrogens is 346 g/mol. The van der Waals surface area contributed by atoms with Gasteiger partial charge in [-0.3, -0.25) is 14.2 Å². The van der Waals surface area contributed by atoms with Crippen LogP contribution in [0.3, 0.4) is 0 Å². The summed E-state index contributed by atoms with van der Waals surface area (Å²) in [5, 5.41) is 1.15. The van der Waals surface area contributed by atoms with Gasteiger partial charge in [-0.25, -0.2) is 4.98 Å². The number of anilines is 1. The van der Waals surface area contributed by atoms with Crippen molar-refractivity contribution in [3.63, 3.8) is 0 Å². The first-order valence-electron chi connectivity index (χ1n) is 8.55.